The van der Waals surface area contributed by atoms with Crippen LogP contribution in [0.5, 0.6) is 0 Å². The van der Waals surface area contributed by atoms with Gasteiger partial charge in [0, 0.05) is 24.7 Å². The van der Waals surface area contributed by atoms with E-state index in [-0.39, 0.29) is 18.3 Å². The highest BCUT2D eigenvalue weighted by Gasteiger charge is 2.25. The van der Waals surface area contributed by atoms with Crippen LogP contribution >= 0.6 is 0 Å². The van der Waals surface area contributed by atoms with Crippen LogP contribution in [-0.4, -0.2) is 31.3 Å². The van der Waals surface area contributed by atoms with Crippen molar-refractivity contribution >= 4 is 0 Å². The SMILES string of the molecule is CC1(C)CNCC(CF)N1. The largest absolute Gasteiger partial charge is 0.313 e. The Kier molecular flexibility index (Phi) is 2.26. The first kappa shape index (κ1) is 7.95. The van der Waals surface area contributed by atoms with Gasteiger partial charge in [0.05, 0.1) is 0 Å². The second kappa shape index (κ2) is 2.84. The Morgan fingerprint density at radius 2 is 2.30 bits per heavy atom. The van der Waals surface area contributed by atoms with Crippen LogP contribution in [-0.2, 0) is 0 Å². The molecule has 1 heterocycles. The number of hydrogen-bond donors (Lipinski definition) is 2. The third kappa shape index (κ3) is 1.92. The Balaban J connectivity index is 2.40. The van der Waals surface area contributed by atoms with Crippen LogP contribution in [0.25, 0.3) is 0 Å². The molecule has 1 atom stereocenters. The highest BCUT2D eigenvalue weighted by Crippen LogP contribution is 2.06. The number of hydrogen-bond acceptors (Lipinski definition) is 2. The average Bonchev–Trinajstić information content (AvgIpc) is 1.86. The van der Waals surface area contributed by atoms with Crippen molar-refractivity contribution in [2.24, 2.45) is 0 Å². The highest BCUT2D eigenvalue weighted by atomic mass is 19.1. The van der Waals surface area contributed by atoms with Gasteiger partial charge in [-0.25, -0.2) is 4.39 Å². The van der Waals surface area contributed by atoms with Gasteiger partial charge in [0.25, 0.3) is 0 Å². The Morgan fingerprint density at radius 1 is 1.60 bits per heavy atom. The Hall–Kier alpha value is -0.150. The molecule has 2 nitrogen and oxygen atoms in total. The Bertz CT molecular complexity index is 114. The predicted molar refractivity (Wildman–Crippen MR) is 39.8 cm³/mol. The van der Waals surface area contributed by atoms with Gasteiger partial charge in [-0.15, -0.1) is 0 Å². The van der Waals surface area contributed by atoms with Crippen molar-refractivity contribution in [1.29, 1.82) is 0 Å². The summed E-state index contributed by atoms with van der Waals surface area (Å²) in [6, 6.07) is 0.00347. The normalized spacial score (nSPS) is 32.1. The molecule has 0 aromatic carbocycles. The minimum absolute atomic E-state index is 0.00347. The molecule has 0 bridgehead atoms. The van der Waals surface area contributed by atoms with Crippen molar-refractivity contribution in [3.05, 3.63) is 0 Å². The van der Waals surface area contributed by atoms with Crippen molar-refractivity contribution in [2.75, 3.05) is 19.8 Å². The van der Waals surface area contributed by atoms with Crippen LogP contribution < -0.4 is 10.6 Å². The van der Waals surface area contributed by atoms with E-state index >= 15 is 0 Å². The van der Waals surface area contributed by atoms with E-state index in [4.69, 9.17) is 0 Å². The zero-order chi connectivity index (χ0) is 7.61. The van der Waals surface area contributed by atoms with Crippen LogP contribution in [0.3, 0.4) is 0 Å². The lowest BCUT2D eigenvalue weighted by molar-refractivity contribution is 0.230. The molecule has 1 rings (SSSR count). The van der Waals surface area contributed by atoms with Gasteiger partial charge in [-0.05, 0) is 13.8 Å². The molecule has 0 aromatic heterocycles. The molecule has 0 radical (unpaired) electrons. The first-order valence-electron chi connectivity index (χ1n) is 3.68. The second-order valence-corrected chi connectivity index (χ2v) is 3.51. The number of piperazine rings is 1. The van der Waals surface area contributed by atoms with Crippen LogP contribution in [0, 0.1) is 0 Å². The summed E-state index contributed by atoms with van der Waals surface area (Å²) in [7, 11) is 0. The molecule has 3 heteroatoms. The first-order chi connectivity index (χ1) is 4.64. The molecule has 0 saturated carbocycles. The van der Waals surface area contributed by atoms with E-state index in [1.165, 1.54) is 0 Å². The summed E-state index contributed by atoms with van der Waals surface area (Å²) in [5.74, 6) is 0. The van der Waals surface area contributed by atoms with Gasteiger partial charge < -0.3 is 10.6 Å². The minimum Gasteiger partial charge on any atom is -0.313 e. The van der Waals surface area contributed by atoms with Gasteiger partial charge in [-0.3, -0.25) is 0 Å². The monoisotopic (exact) mass is 146 g/mol. The summed E-state index contributed by atoms with van der Waals surface area (Å²) in [5, 5.41) is 6.38. The summed E-state index contributed by atoms with van der Waals surface area (Å²) in [4.78, 5) is 0. The topological polar surface area (TPSA) is 24.1 Å². The van der Waals surface area contributed by atoms with Crippen molar-refractivity contribution < 1.29 is 4.39 Å². The van der Waals surface area contributed by atoms with Crippen molar-refractivity contribution in [3.63, 3.8) is 0 Å². The van der Waals surface area contributed by atoms with Crippen LogP contribution in [0.1, 0.15) is 13.8 Å². The van der Waals surface area contributed by atoms with E-state index in [1.807, 2.05) is 0 Å². The third-order valence-corrected chi connectivity index (χ3v) is 1.74. The second-order valence-electron chi connectivity index (χ2n) is 3.51. The molecule has 0 amide bonds. The number of alkyl halides is 1. The first-order valence-corrected chi connectivity index (χ1v) is 3.68. The van der Waals surface area contributed by atoms with Crippen LogP contribution in [0.4, 0.5) is 4.39 Å². The minimum atomic E-state index is -0.281. The summed E-state index contributed by atoms with van der Waals surface area (Å²) >= 11 is 0. The lowest BCUT2D eigenvalue weighted by atomic mass is 10.0. The van der Waals surface area contributed by atoms with E-state index in [2.05, 4.69) is 24.5 Å². The molecule has 1 saturated heterocycles. The molecular formula is C7H15FN2. The molecule has 1 aliphatic heterocycles. The van der Waals surface area contributed by atoms with Crippen molar-refractivity contribution in [1.82, 2.24) is 10.6 Å². The van der Waals surface area contributed by atoms with Crippen molar-refractivity contribution in [2.45, 2.75) is 25.4 Å². The van der Waals surface area contributed by atoms with Gasteiger partial charge in [0.1, 0.15) is 6.67 Å². The van der Waals surface area contributed by atoms with Gasteiger partial charge in [-0.2, -0.15) is 0 Å². The lowest BCUT2D eigenvalue weighted by Gasteiger charge is -2.36. The molecule has 1 aliphatic rings. The predicted octanol–water partition coefficient (Wildman–Crippen LogP) is 0.296. The molecule has 1 fully saturated rings. The molecule has 0 aromatic rings. The lowest BCUT2D eigenvalue weighted by Crippen LogP contribution is -2.61. The fraction of sp³-hybridized carbons (Fsp3) is 1.00. The Morgan fingerprint density at radius 3 is 2.70 bits per heavy atom. The van der Waals surface area contributed by atoms with E-state index in [0.29, 0.717) is 0 Å². The summed E-state index contributed by atoms with van der Waals surface area (Å²) < 4.78 is 12.1. The number of rotatable bonds is 1. The zero-order valence-electron chi connectivity index (χ0n) is 6.58. The van der Waals surface area contributed by atoms with Crippen LogP contribution in [0.2, 0.25) is 0 Å². The summed E-state index contributed by atoms with van der Waals surface area (Å²) in [6.45, 7) is 5.53. The zero-order valence-corrected chi connectivity index (χ0v) is 6.58. The molecule has 2 N–H and O–H groups in total. The van der Waals surface area contributed by atoms with E-state index in [0.717, 1.165) is 13.1 Å². The molecule has 60 valence electrons. The number of nitrogens with one attached hydrogen (secondary N) is 2. The standard InChI is InChI=1S/C7H15FN2/c1-7(2)5-9-4-6(3-8)10-7/h6,9-10H,3-5H2,1-2H3. The fourth-order valence-corrected chi connectivity index (χ4v) is 1.31. The summed E-state index contributed by atoms with van der Waals surface area (Å²) in [5.41, 5.74) is 0.0506. The average molecular weight is 146 g/mol. The maximum atomic E-state index is 12.1. The molecule has 1 unspecified atom stereocenters. The third-order valence-electron chi connectivity index (χ3n) is 1.74. The quantitative estimate of drug-likeness (QED) is 0.556. The fourth-order valence-electron chi connectivity index (χ4n) is 1.31. The molecular weight excluding hydrogens is 131 g/mol. The molecule has 10 heavy (non-hydrogen) atoms. The van der Waals surface area contributed by atoms with Gasteiger partial charge in [0.2, 0.25) is 0 Å². The maximum Gasteiger partial charge on any atom is 0.106 e. The van der Waals surface area contributed by atoms with E-state index in [1.54, 1.807) is 0 Å². The summed E-state index contributed by atoms with van der Waals surface area (Å²) in [6.07, 6.45) is 0. The molecule has 0 aliphatic carbocycles. The van der Waals surface area contributed by atoms with E-state index in [9.17, 15) is 4.39 Å². The van der Waals surface area contributed by atoms with Gasteiger partial charge in [0.15, 0.2) is 0 Å². The van der Waals surface area contributed by atoms with E-state index < -0.39 is 0 Å². The Labute approximate surface area is 61.2 Å². The smallest absolute Gasteiger partial charge is 0.106 e. The number of halogens is 1. The van der Waals surface area contributed by atoms with Crippen molar-refractivity contribution in [3.8, 4) is 0 Å². The molecule has 0 spiro atoms. The van der Waals surface area contributed by atoms with Gasteiger partial charge >= 0.3 is 0 Å². The van der Waals surface area contributed by atoms with Gasteiger partial charge in [-0.1, -0.05) is 0 Å². The maximum absolute atomic E-state index is 12.1. The highest BCUT2D eigenvalue weighted by molar-refractivity contribution is 4.90. The van der Waals surface area contributed by atoms with Crippen LogP contribution in [0.15, 0.2) is 0 Å².